The van der Waals surface area contributed by atoms with E-state index in [1.165, 1.54) is 41.1 Å². The number of benzene rings is 2. The normalized spacial score (nSPS) is 15.3. The van der Waals surface area contributed by atoms with Crippen molar-refractivity contribution >= 4 is 43.2 Å². The third-order valence-corrected chi connectivity index (χ3v) is 7.32. The molecule has 2 aromatic carbocycles. The van der Waals surface area contributed by atoms with E-state index in [-0.39, 0.29) is 29.3 Å². The number of amides is 1. The van der Waals surface area contributed by atoms with Crippen molar-refractivity contribution in [1.82, 2.24) is 8.68 Å². The van der Waals surface area contributed by atoms with Crippen LogP contribution in [0.1, 0.15) is 10.4 Å². The zero-order chi connectivity index (χ0) is 20.4. The fourth-order valence-corrected chi connectivity index (χ4v) is 5.31. The van der Waals surface area contributed by atoms with Crippen LogP contribution >= 0.6 is 11.5 Å². The molecule has 1 aromatic heterocycles. The Labute approximate surface area is 172 Å². The number of nitrogens with one attached hydrogen (secondary N) is 1. The fraction of sp³-hybridized carbons (Fsp3) is 0.263. The first-order chi connectivity index (χ1) is 14.0. The molecule has 0 bridgehead atoms. The number of aromatic nitrogens is 1. The highest BCUT2D eigenvalue weighted by molar-refractivity contribution is 7.89. The van der Waals surface area contributed by atoms with E-state index in [0.717, 1.165) is 10.1 Å². The van der Waals surface area contributed by atoms with Crippen LogP contribution in [-0.4, -0.2) is 56.4 Å². The zero-order valence-corrected chi connectivity index (χ0v) is 17.3. The largest absolute Gasteiger partial charge is 0.495 e. The number of ether oxygens (including phenoxy) is 2. The molecule has 1 amide bonds. The summed E-state index contributed by atoms with van der Waals surface area (Å²) in [7, 11) is -2.41. The van der Waals surface area contributed by atoms with Crippen molar-refractivity contribution < 1.29 is 22.7 Å². The molecule has 0 spiro atoms. The highest BCUT2D eigenvalue weighted by atomic mass is 32.2. The maximum absolute atomic E-state index is 13.1. The Bertz CT molecular complexity index is 1150. The van der Waals surface area contributed by atoms with E-state index in [0.29, 0.717) is 18.9 Å². The lowest BCUT2D eigenvalue weighted by atomic mass is 10.2. The number of nitrogens with zero attached hydrogens (tertiary/aromatic N) is 2. The number of methoxy groups -OCH3 is 1. The molecule has 3 aromatic rings. The van der Waals surface area contributed by atoms with Gasteiger partial charge in [-0.2, -0.15) is 8.68 Å². The Morgan fingerprint density at radius 3 is 2.76 bits per heavy atom. The van der Waals surface area contributed by atoms with Crippen molar-refractivity contribution in [3.05, 3.63) is 48.2 Å². The van der Waals surface area contributed by atoms with Crippen molar-refractivity contribution in [2.24, 2.45) is 0 Å². The standard InChI is InChI=1S/C19H19N3O5S2/c1-26-16-4-2-13(11-18(16)29(24,25)22-6-8-27-9-7-22)19(23)21-15-3-5-17-14(10-15)12-20-28-17/h2-5,10-12H,6-9H2,1H3,(H,21,23). The number of carbonyl (C=O) groups excluding carboxylic acids is 1. The van der Waals surface area contributed by atoms with Crippen LogP contribution in [0.4, 0.5) is 5.69 Å². The minimum Gasteiger partial charge on any atom is -0.495 e. The van der Waals surface area contributed by atoms with Gasteiger partial charge in [-0.1, -0.05) is 0 Å². The van der Waals surface area contributed by atoms with Gasteiger partial charge in [0.2, 0.25) is 10.0 Å². The van der Waals surface area contributed by atoms with Crippen molar-refractivity contribution in [2.45, 2.75) is 4.90 Å². The second-order valence-electron chi connectivity index (χ2n) is 6.41. The Balaban J connectivity index is 1.63. The first-order valence-electron chi connectivity index (χ1n) is 8.91. The molecule has 8 nitrogen and oxygen atoms in total. The van der Waals surface area contributed by atoms with Crippen LogP contribution in [0, 0.1) is 0 Å². The van der Waals surface area contributed by atoms with E-state index in [1.807, 2.05) is 12.1 Å². The van der Waals surface area contributed by atoms with Gasteiger partial charge in [-0.05, 0) is 47.9 Å². The van der Waals surface area contributed by atoms with E-state index in [2.05, 4.69) is 9.69 Å². The number of morpholine rings is 1. The van der Waals surface area contributed by atoms with Crippen LogP contribution in [0.3, 0.4) is 0 Å². The van der Waals surface area contributed by atoms with Crippen LogP contribution in [-0.2, 0) is 14.8 Å². The molecule has 10 heteroatoms. The number of sulfonamides is 1. The Kier molecular flexibility index (Phi) is 5.50. The molecule has 29 heavy (non-hydrogen) atoms. The summed E-state index contributed by atoms with van der Waals surface area (Å²) in [5.74, 6) is -0.215. The zero-order valence-electron chi connectivity index (χ0n) is 15.6. The summed E-state index contributed by atoms with van der Waals surface area (Å²) >= 11 is 1.38. The molecular weight excluding hydrogens is 414 g/mol. The molecule has 1 N–H and O–H groups in total. The van der Waals surface area contributed by atoms with E-state index < -0.39 is 15.9 Å². The van der Waals surface area contributed by atoms with Crippen LogP contribution in [0.5, 0.6) is 5.75 Å². The smallest absolute Gasteiger partial charge is 0.255 e. The van der Waals surface area contributed by atoms with Crippen molar-refractivity contribution in [3.63, 3.8) is 0 Å². The molecule has 2 heterocycles. The van der Waals surface area contributed by atoms with Gasteiger partial charge in [-0.15, -0.1) is 0 Å². The fourth-order valence-electron chi connectivity index (χ4n) is 3.10. The van der Waals surface area contributed by atoms with Gasteiger partial charge in [0, 0.05) is 35.9 Å². The first kappa shape index (κ1) is 19.8. The van der Waals surface area contributed by atoms with Crippen molar-refractivity contribution in [3.8, 4) is 5.75 Å². The van der Waals surface area contributed by atoms with Gasteiger partial charge >= 0.3 is 0 Å². The second-order valence-corrected chi connectivity index (χ2v) is 9.15. The number of fused-ring (bicyclic) bond motifs is 1. The lowest BCUT2D eigenvalue weighted by molar-refractivity contribution is 0.0729. The molecule has 1 fully saturated rings. The van der Waals surface area contributed by atoms with Gasteiger partial charge in [0.05, 0.1) is 25.0 Å². The van der Waals surface area contributed by atoms with Crippen LogP contribution in [0.15, 0.2) is 47.5 Å². The molecule has 0 saturated carbocycles. The number of hydrogen-bond donors (Lipinski definition) is 1. The summed E-state index contributed by atoms with van der Waals surface area (Å²) in [4.78, 5) is 12.7. The Morgan fingerprint density at radius 1 is 1.21 bits per heavy atom. The van der Waals surface area contributed by atoms with Gasteiger partial charge in [0.1, 0.15) is 10.6 Å². The summed E-state index contributed by atoms with van der Waals surface area (Å²) < 4.78 is 43.1. The van der Waals surface area contributed by atoms with Crippen LogP contribution in [0.2, 0.25) is 0 Å². The molecule has 0 atom stereocenters. The summed E-state index contributed by atoms with van der Waals surface area (Å²) in [6, 6.07) is 9.87. The molecule has 4 rings (SSSR count). The predicted octanol–water partition coefficient (Wildman–Crippen LogP) is 2.58. The monoisotopic (exact) mass is 433 g/mol. The number of hydrogen-bond acceptors (Lipinski definition) is 7. The summed E-state index contributed by atoms with van der Waals surface area (Å²) in [5, 5.41) is 3.73. The van der Waals surface area contributed by atoms with Gasteiger partial charge in [-0.3, -0.25) is 4.79 Å². The Hall–Kier alpha value is -2.53. The molecule has 0 radical (unpaired) electrons. The molecule has 1 saturated heterocycles. The number of rotatable bonds is 5. The number of carbonyl (C=O) groups is 1. The van der Waals surface area contributed by atoms with Gasteiger partial charge < -0.3 is 14.8 Å². The molecule has 0 unspecified atom stereocenters. The van der Waals surface area contributed by atoms with Crippen LogP contribution in [0.25, 0.3) is 10.1 Å². The van der Waals surface area contributed by atoms with Crippen LogP contribution < -0.4 is 10.1 Å². The van der Waals surface area contributed by atoms with Gasteiger partial charge in [-0.25, -0.2) is 8.42 Å². The van der Waals surface area contributed by atoms with E-state index in [9.17, 15) is 13.2 Å². The van der Waals surface area contributed by atoms with E-state index in [1.54, 1.807) is 12.3 Å². The lowest BCUT2D eigenvalue weighted by Crippen LogP contribution is -2.40. The average molecular weight is 434 g/mol. The minimum absolute atomic E-state index is 0.0352. The highest BCUT2D eigenvalue weighted by Gasteiger charge is 2.30. The van der Waals surface area contributed by atoms with Gasteiger partial charge in [0.25, 0.3) is 5.91 Å². The molecule has 1 aliphatic rings. The summed E-state index contributed by atoms with van der Waals surface area (Å²) in [6.45, 7) is 1.19. The molecule has 152 valence electrons. The molecule has 1 aliphatic heterocycles. The predicted molar refractivity (Wildman–Crippen MR) is 110 cm³/mol. The SMILES string of the molecule is COc1ccc(C(=O)Nc2ccc3sncc3c2)cc1S(=O)(=O)N1CCOCC1. The minimum atomic E-state index is -3.81. The van der Waals surface area contributed by atoms with E-state index in [4.69, 9.17) is 9.47 Å². The Morgan fingerprint density at radius 2 is 2.00 bits per heavy atom. The number of anilines is 1. The topological polar surface area (TPSA) is 97.8 Å². The summed E-state index contributed by atoms with van der Waals surface area (Å²) in [6.07, 6.45) is 1.73. The first-order valence-corrected chi connectivity index (χ1v) is 11.1. The summed E-state index contributed by atoms with van der Waals surface area (Å²) in [5.41, 5.74) is 0.831. The van der Waals surface area contributed by atoms with Crippen molar-refractivity contribution in [2.75, 3.05) is 38.7 Å². The third-order valence-electron chi connectivity index (χ3n) is 4.62. The van der Waals surface area contributed by atoms with E-state index >= 15 is 0 Å². The second kappa shape index (κ2) is 8.07. The average Bonchev–Trinajstić information content (AvgIpc) is 3.21. The van der Waals surface area contributed by atoms with Crippen molar-refractivity contribution in [1.29, 1.82) is 0 Å². The molecule has 0 aliphatic carbocycles. The maximum Gasteiger partial charge on any atom is 0.255 e. The molecular formula is C19H19N3O5S2. The lowest BCUT2D eigenvalue weighted by Gasteiger charge is -2.26. The van der Waals surface area contributed by atoms with Gasteiger partial charge in [0.15, 0.2) is 0 Å². The quantitative estimate of drug-likeness (QED) is 0.664. The third kappa shape index (κ3) is 3.97. The maximum atomic E-state index is 13.1. The highest BCUT2D eigenvalue weighted by Crippen LogP contribution is 2.29.